The highest BCUT2D eigenvalue weighted by molar-refractivity contribution is 6.51. The van der Waals surface area contributed by atoms with Crippen LogP contribution in [0.5, 0.6) is 17.2 Å². The Bertz CT molecular complexity index is 1460. The molecule has 0 saturated carbocycles. The summed E-state index contributed by atoms with van der Waals surface area (Å²) in [6.07, 6.45) is 0. The molecule has 8 heteroatoms. The van der Waals surface area contributed by atoms with E-state index in [0.29, 0.717) is 48.2 Å². The molecule has 0 spiro atoms. The van der Waals surface area contributed by atoms with Crippen LogP contribution in [0, 0.1) is 0 Å². The van der Waals surface area contributed by atoms with E-state index in [1.165, 1.54) is 11.0 Å². The van der Waals surface area contributed by atoms with E-state index in [-0.39, 0.29) is 22.8 Å². The van der Waals surface area contributed by atoms with Gasteiger partial charge in [-0.3, -0.25) is 14.5 Å². The topological polar surface area (TPSA) is 99.5 Å². The first-order valence-corrected chi connectivity index (χ1v) is 13.1. The third-order valence-corrected chi connectivity index (χ3v) is 7.21. The molecule has 3 aromatic rings. The maximum Gasteiger partial charge on any atom is 0.300 e. The predicted molar refractivity (Wildman–Crippen MR) is 150 cm³/mol. The highest BCUT2D eigenvalue weighted by atomic mass is 16.5. The summed E-state index contributed by atoms with van der Waals surface area (Å²) in [5, 5.41) is 21.9. The minimum Gasteiger partial charge on any atom is -0.507 e. The molecule has 2 N–H and O–H groups in total. The Labute approximate surface area is 227 Å². The fourth-order valence-electron chi connectivity index (χ4n) is 5.06. The lowest BCUT2D eigenvalue weighted by atomic mass is 9.94. The number of hydrogen-bond donors (Lipinski definition) is 2. The van der Waals surface area contributed by atoms with Gasteiger partial charge in [0.1, 0.15) is 18.1 Å². The minimum atomic E-state index is -0.945. The van der Waals surface area contributed by atoms with Gasteiger partial charge in [0.05, 0.1) is 30.5 Å². The van der Waals surface area contributed by atoms with Gasteiger partial charge in [0.2, 0.25) is 0 Å². The van der Waals surface area contributed by atoms with Crippen molar-refractivity contribution >= 4 is 28.8 Å². The first kappa shape index (κ1) is 26.2. The van der Waals surface area contributed by atoms with Crippen molar-refractivity contribution in [2.45, 2.75) is 32.7 Å². The number of phenolic OH excluding ortho intramolecular Hbond substituents is 1. The van der Waals surface area contributed by atoms with E-state index in [0.717, 1.165) is 11.3 Å². The molecule has 0 bridgehead atoms. The normalized spacial score (nSPS) is 18.3. The molecule has 0 aromatic heterocycles. The van der Waals surface area contributed by atoms with Crippen LogP contribution in [0.1, 0.15) is 49.4 Å². The van der Waals surface area contributed by atoms with Crippen LogP contribution in [0.15, 0.2) is 66.2 Å². The molecule has 8 nitrogen and oxygen atoms in total. The van der Waals surface area contributed by atoms with Crippen LogP contribution in [0.3, 0.4) is 0 Å². The maximum absolute atomic E-state index is 13.6. The van der Waals surface area contributed by atoms with Crippen LogP contribution in [-0.2, 0) is 9.59 Å². The molecular formula is C31H32N2O6. The number of nitrogens with zero attached hydrogens (tertiary/aromatic N) is 2. The highest BCUT2D eigenvalue weighted by Gasteiger charge is 2.47. The van der Waals surface area contributed by atoms with Crippen molar-refractivity contribution in [2.24, 2.45) is 0 Å². The first-order chi connectivity index (χ1) is 18.7. The zero-order valence-corrected chi connectivity index (χ0v) is 22.5. The van der Waals surface area contributed by atoms with Crippen molar-refractivity contribution in [1.82, 2.24) is 0 Å². The monoisotopic (exact) mass is 528 g/mol. The fraction of sp³-hybridized carbons (Fsp3) is 0.290. The Balaban J connectivity index is 1.69. The van der Waals surface area contributed by atoms with Gasteiger partial charge in [-0.25, -0.2) is 0 Å². The van der Waals surface area contributed by atoms with Crippen molar-refractivity contribution in [3.63, 3.8) is 0 Å². The van der Waals surface area contributed by atoms with Gasteiger partial charge in [0, 0.05) is 18.3 Å². The molecule has 0 radical (unpaired) electrons. The number of hydrogen-bond acceptors (Lipinski definition) is 7. The number of aromatic hydroxyl groups is 1. The van der Waals surface area contributed by atoms with Gasteiger partial charge < -0.3 is 24.6 Å². The molecular weight excluding hydrogens is 496 g/mol. The van der Waals surface area contributed by atoms with Gasteiger partial charge in [0.15, 0.2) is 11.5 Å². The summed E-state index contributed by atoms with van der Waals surface area (Å²) in [4.78, 5) is 30.5. The Morgan fingerprint density at radius 1 is 1.08 bits per heavy atom. The zero-order valence-electron chi connectivity index (χ0n) is 22.5. The number of carbonyl (C=O) groups is 2. The summed E-state index contributed by atoms with van der Waals surface area (Å²) in [5.74, 6) is -0.681. The number of ether oxygens (including phenoxy) is 2. The zero-order chi connectivity index (χ0) is 27.8. The van der Waals surface area contributed by atoms with Gasteiger partial charge in [0.25, 0.3) is 11.7 Å². The van der Waals surface area contributed by atoms with Gasteiger partial charge in [-0.05, 0) is 66.4 Å². The Kier molecular flexibility index (Phi) is 6.95. The predicted octanol–water partition coefficient (Wildman–Crippen LogP) is 5.37. The number of rotatable bonds is 6. The molecule has 2 aliphatic rings. The molecule has 2 heterocycles. The van der Waals surface area contributed by atoms with E-state index in [2.05, 4.69) is 13.8 Å². The van der Waals surface area contributed by atoms with Crippen molar-refractivity contribution in [2.75, 3.05) is 36.6 Å². The lowest BCUT2D eigenvalue weighted by Gasteiger charge is -2.28. The van der Waals surface area contributed by atoms with Gasteiger partial charge in [-0.15, -0.1) is 0 Å². The van der Waals surface area contributed by atoms with E-state index < -0.39 is 17.7 Å². The molecule has 0 aliphatic carbocycles. The molecule has 1 fully saturated rings. The number of anilines is 2. The number of aliphatic hydroxyl groups excluding tert-OH is 1. The summed E-state index contributed by atoms with van der Waals surface area (Å²) in [6, 6.07) is 16.4. The molecule has 5 rings (SSSR count). The third kappa shape index (κ3) is 4.67. The summed E-state index contributed by atoms with van der Waals surface area (Å²) in [5.41, 5.74) is 3.27. The maximum atomic E-state index is 13.6. The summed E-state index contributed by atoms with van der Waals surface area (Å²) >= 11 is 0. The van der Waals surface area contributed by atoms with Crippen LogP contribution >= 0.6 is 0 Å². The second-order valence-corrected chi connectivity index (χ2v) is 10.0. The third-order valence-electron chi connectivity index (χ3n) is 7.21. The summed E-state index contributed by atoms with van der Waals surface area (Å²) in [6.45, 7) is 7.51. The Morgan fingerprint density at radius 3 is 2.51 bits per heavy atom. The molecule has 3 aromatic carbocycles. The molecule has 1 saturated heterocycles. The number of amides is 1. The average molecular weight is 529 g/mol. The van der Waals surface area contributed by atoms with Crippen LogP contribution < -0.4 is 19.3 Å². The van der Waals surface area contributed by atoms with Gasteiger partial charge in [-0.2, -0.15) is 0 Å². The van der Waals surface area contributed by atoms with Crippen molar-refractivity contribution < 1.29 is 29.3 Å². The summed E-state index contributed by atoms with van der Waals surface area (Å²) in [7, 11) is 1.93. The lowest BCUT2D eigenvalue weighted by Crippen LogP contribution is -2.29. The lowest BCUT2D eigenvalue weighted by molar-refractivity contribution is -0.132. The largest absolute Gasteiger partial charge is 0.507 e. The number of Topliss-reactive ketones (excluding diaryl/α,β-unsaturated/α-hetero) is 1. The Hall–Kier alpha value is -4.46. The average Bonchev–Trinajstić information content (AvgIpc) is 3.19. The second kappa shape index (κ2) is 10.4. The first-order valence-electron chi connectivity index (χ1n) is 13.1. The number of benzene rings is 3. The van der Waals surface area contributed by atoms with E-state index >= 15 is 0 Å². The van der Waals surface area contributed by atoms with E-state index in [4.69, 9.17) is 9.47 Å². The molecule has 202 valence electrons. The smallest absolute Gasteiger partial charge is 0.300 e. The van der Waals surface area contributed by atoms with Crippen molar-refractivity contribution in [3.05, 3.63) is 82.9 Å². The number of ketones is 1. The Morgan fingerprint density at radius 2 is 1.82 bits per heavy atom. The van der Waals surface area contributed by atoms with Crippen LogP contribution in [0.4, 0.5) is 11.4 Å². The molecule has 39 heavy (non-hydrogen) atoms. The van der Waals surface area contributed by atoms with Gasteiger partial charge in [-0.1, -0.05) is 32.0 Å². The standard InChI is InChI=1S/C31H32N2O6/c1-5-38-26-17-20(8-12-24(26)34)28-27(29(35)21-9-13-25-23(16-21)32(4)14-15-39-25)30(36)31(37)33(28)22-10-6-19(7-11-22)18(2)3/h6-13,16-18,28,34-35H,5,14-15H2,1-4H3/b29-27+. The number of fused-ring (bicyclic) bond motifs is 1. The highest BCUT2D eigenvalue weighted by Crippen LogP contribution is 2.45. The van der Waals surface area contributed by atoms with Crippen molar-refractivity contribution in [3.8, 4) is 17.2 Å². The van der Waals surface area contributed by atoms with Crippen molar-refractivity contribution in [1.29, 1.82) is 0 Å². The quantitative estimate of drug-likeness (QED) is 0.252. The van der Waals surface area contributed by atoms with Crippen LogP contribution in [-0.4, -0.2) is 48.7 Å². The summed E-state index contributed by atoms with van der Waals surface area (Å²) < 4.78 is 11.3. The number of aliphatic hydroxyl groups is 1. The van der Waals surface area contributed by atoms with E-state index in [1.807, 2.05) is 36.2 Å². The van der Waals surface area contributed by atoms with Crippen LogP contribution in [0.25, 0.3) is 5.76 Å². The van der Waals surface area contributed by atoms with Gasteiger partial charge >= 0.3 is 0 Å². The molecule has 1 atom stereocenters. The minimum absolute atomic E-state index is 0.0413. The van der Waals surface area contributed by atoms with Crippen LogP contribution in [0.2, 0.25) is 0 Å². The number of carbonyl (C=O) groups excluding carboxylic acids is 2. The fourth-order valence-corrected chi connectivity index (χ4v) is 5.06. The molecule has 2 aliphatic heterocycles. The van der Waals surface area contributed by atoms with E-state index in [1.54, 1.807) is 37.3 Å². The second-order valence-electron chi connectivity index (χ2n) is 10.0. The van der Waals surface area contributed by atoms with E-state index in [9.17, 15) is 19.8 Å². The number of phenols is 1. The molecule has 1 amide bonds. The number of likely N-dealkylation sites (N-methyl/N-ethyl adjacent to an activating group) is 1. The molecule has 1 unspecified atom stereocenters. The SMILES string of the molecule is CCOc1cc(C2/C(=C(\O)c3ccc4c(c3)N(C)CCO4)C(=O)C(=O)N2c2ccc(C(C)C)cc2)ccc1O.